The molecule has 0 aliphatic rings. The third-order valence-electron chi connectivity index (χ3n) is 12.7. The summed E-state index contributed by atoms with van der Waals surface area (Å²) >= 11 is 0. The van der Waals surface area contributed by atoms with Crippen molar-refractivity contribution >= 4 is 63.7 Å². The lowest BCUT2D eigenvalue weighted by atomic mass is 10.0. The van der Waals surface area contributed by atoms with Crippen LogP contribution < -0.4 is 23.7 Å². The van der Waals surface area contributed by atoms with E-state index in [1.54, 1.807) is 60.7 Å². The first kappa shape index (κ1) is 61.3. The quantitative estimate of drug-likeness (QED) is 0.0102. The van der Waals surface area contributed by atoms with Crippen molar-refractivity contribution < 1.29 is 80.9 Å². The van der Waals surface area contributed by atoms with Gasteiger partial charge in [-0.05, 0) is 162 Å². The Kier molecular flexibility index (Phi) is 23.5. The molecule has 0 unspecified atom stereocenters. The first-order valence-electron chi connectivity index (χ1n) is 27.2. The highest BCUT2D eigenvalue weighted by Crippen LogP contribution is 2.30. The van der Waals surface area contributed by atoms with Gasteiger partial charge < -0.3 is 47.4 Å². The van der Waals surface area contributed by atoms with Crippen molar-refractivity contribution in [2.75, 3.05) is 39.6 Å². The van der Waals surface area contributed by atoms with Crippen LogP contribution in [0, 0.1) is 11.3 Å². The lowest BCUT2D eigenvalue weighted by Gasteiger charge is -2.13. The molecule has 0 heterocycles. The first-order chi connectivity index (χ1) is 40.9. The molecule has 0 saturated heterocycles. The predicted octanol–water partition coefficient (Wildman–Crippen LogP) is 13.6. The number of unbranched alkanes of at least 4 members (excludes halogenated alkanes) is 7. The minimum Gasteiger partial charge on any atom is -0.494 e. The number of nitrogens with zero attached hydrogens (tertiary/aromatic N) is 1. The highest BCUT2D eigenvalue weighted by molar-refractivity contribution is 6.00. The van der Waals surface area contributed by atoms with Gasteiger partial charge in [0.1, 0.15) is 34.3 Å². The Labute approximate surface area is 485 Å². The number of fused-ring (bicyclic) bond motifs is 2. The fraction of sp³-hybridized carbons (Fsp3) is 0.242. The summed E-state index contributed by atoms with van der Waals surface area (Å²) in [4.78, 5) is 88.1. The fourth-order valence-corrected chi connectivity index (χ4v) is 8.23. The third kappa shape index (κ3) is 19.5. The number of ether oxygens (including phenoxy) is 10. The maximum Gasteiger partial charge on any atom is 0.513 e. The van der Waals surface area contributed by atoms with Crippen LogP contribution in [0.2, 0.25) is 0 Å². The van der Waals surface area contributed by atoms with Gasteiger partial charge in [0.25, 0.3) is 0 Å². The summed E-state index contributed by atoms with van der Waals surface area (Å²) in [6.07, 6.45) is 7.15. The molecule has 18 heteroatoms. The van der Waals surface area contributed by atoms with E-state index in [0.29, 0.717) is 65.8 Å². The van der Waals surface area contributed by atoms with E-state index in [1.807, 2.05) is 36.4 Å². The van der Waals surface area contributed by atoms with E-state index in [9.17, 15) is 33.6 Å². The summed E-state index contributed by atoms with van der Waals surface area (Å²) < 4.78 is 53.9. The van der Waals surface area contributed by atoms with Gasteiger partial charge in [-0.15, -0.1) is 0 Å². The summed E-state index contributed by atoms with van der Waals surface area (Å²) in [6, 6.07) is 40.4. The standard InChI is InChI=1S/C66H61NO17/c1-3-60(68)76-34-11-13-37-79-65(73)82-55-29-25-48-39-52(21-19-50(48)41-55)62(70)81-57-31-32-59(84-63(71)53-22-20-51-42-56(30-26-49(51)40-53)83-66(74)80-38-14-12-35-77-61(69)4-2)58(43-57)64(72)78-36-10-8-6-5-7-9-33-75-54-27-23-47(24-28-54)46-17-15-45(44-67)16-18-46/h3-4,15-32,39-43H,1-2,5-14,33-38H2. The summed E-state index contributed by atoms with van der Waals surface area (Å²) in [5, 5.41) is 11.6. The van der Waals surface area contributed by atoms with E-state index in [0.717, 1.165) is 61.1 Å². The van der Waals surface area contributed by atoms with Crippen molar-refractivity contribution in [1.82, 2.24) is 0 Å². The van der Waals surface area contributed by atoms with Crippen LogP contribution in [0.5, 0.6) is 28.7 Å². The molecule has 0 fully saturated rings. The SMILES string of the molecule is C=CC(=O)OCCCCOC(=O)Oc1ccc2cc(C(=O)Oc3ccc(OC(=O)c4ccc5cc(OC(=O)OCCCCOC(=O)C=C)ccc5c4)c(C(=O)OCCCCCCCCOc4ccc(-c5ccc(C#N)cc5)cc4)c3)ccc2c1. The monoisotopic (exact) mass is 1140 g/mol. The maximum absolute atomic E-state index is 13.8. The van der Waals surface area contributed by atoms with Gasteiger partial charge in [-0.3, -0.25) is 0 Å². The largest absolute Gasteiger partial charge is 0.513 e. The Hall–Kier alpha value is -10.3. The molecule has 0 aromatic heterocycles. The summed E-state index contributed by atoms with van der Waals surface area (Å²) in [6.45, 7) is 7.73. The zero-order valence-corrected chi connectivity index (χ0v) is 46.0. The third-order valence-corrected chi connectivity index (χ3v) is 12.7. The number of benzene rings is 7. The molecule has 7 aromatic rings. The van der Waals surface area contributed by atoms with Crippen LogP contribution in [-0.4, -0.2) is 81.8 Å². The Morgan fingerprint density at radius 2 is 0.786 bits per heavy atom. The van der Waals surface area contributed by atoms with Crippen LogP contribution in [0.3, 0.4) is 0 Å². The Morgan fingerprint density at radius 3 is 1.31 bits per heavy atom. The average molecular weight is 1140 g/mol. The first-order valence-corrected chi connectivity index (χ1v) is 27.2. The Bertz CT molecular complexity index is 3510. The topological polar surface area (TPSA) is 236 Å². The molecule has 7 aromatic carbocycles. The van der Waals surface area contributed by atoms with E-state index in [2.05, 4.69) is 19.2 Å². The fourth-order valence-electron chi connectivity index (χ4n) is 8.23. The van der Waals surface area contributed by atoms with Crippen LogP contribution in [0.15, 0.2) is 165 Å². The molecular formula is C66H61NO17. The number of carbonyl (C=O) groups excluding carboxylic acids is 7. The van der Waals surface area contributed by atoms with Crippen molar-refractivity contribution in [2.24, 2.45) is 0 Å². The molecule has 7 rings (SSSR count). The predicted molar refractivity (Wildman–Crippen MR) is 309 cm³/mol. The van der Waals surface area contributed by atoms with Gasteiger partial charge in [0.05, 0.1) is 62.4 Å². The van der Waals surface area contributed by atoms with Crippen molar-refractivity contribution in [2.45, 2.75) is 64.2 Å². The van der Waals surface area contributed by atoms with Gasteiger partial charge in [0.15, 0.2) is 0 Å². The highest BCUT2D eigenvalue weighted by atomic mass is 16.7. The van der Waals surface area contributed by atoms with E-state index in [-0.39, 0.29) is 72.7 Å². The van der Waals surface area contributed by atoms with Crippen LogP contribution in [0.1, 0.15) is 101 Å². The number of esters is 5. The number of hydrogen-bond acceptors (Lipinski definition) is 18. The minimum atomic E-state index is -0.919. The van der Waals surface area contributed by atoms with Gasteiger partial charge in [-0.2, -0.15) is 5.26 Å². The molecule has 18 nitrogen and oxygen atoms in total. The Morgan fingerprint density at radius 1 is 0.381 bits per heavy atom. The van der Waals surface area contributed by atoms with Crippen LogP contribution in [-0.2, 0) is 33.3 Å². The molecule has 0 atom stereocenters. The maximum atomic E-state index is 13.8. The van der Waals surface area contributed by atoms with Gasteiger partial charge >= 0.3 is 42.2 Å². The Balaban J connectivity index is 0.927. The summed E-state index contributed by atoms with van der Waals surface area (Å²) in [5.41, 5.74) is 2.80. The van der Waals surface area contributed by atoms with Crippen LogP contribution in [0.4, 0.5) is 9.59 Å². The number of rotatable bonds is 30. The van der Waals surface area contributed by atoms with E-state index >= 15 is 0 Å². The molecule has 0 aliphatic carbocycles. The van der Waals surface area contributed by atoms with Gasteiger partial charge in [0.2, 0.25) is 0 Å². The highest BCUT2D eigenvalue weighted by Gasteiger charge is 2.22. The van der Waals surface area contributed by atoms with Crippen molar-refractivity contribution in [3.63, 3.8) is 0 Å². The number of nitriles is 1. The second-order valence-corrected chi connectivity index (χ2v) is 18.8. The minimum absolute atomic E-state index is 0.0323. The normalized spacial score (nSPS) is 10.6. The molecule has 84 heavy (non-hydrogen) atoms. The van der Waals surface area contributed by atoms with Crippen LogP contribution in [0.25, 0.3) is 32.7 Å². The molecule has 432 valence electrons. The molecule has 0 spiro atoms. The molecule has 0 bridgehead atoms. The number of carbonyl (C=O) groups is 7. The smallest absolute Gasteiger partial charge is 0.494 e. The summed E-state index contributed by atoms with van der Waals surface area (Å²) in [7, 11) is 0. The number of hydrogen-bond donors (Lipinski definition) is 0. The molecule has 0 amide bonds. The van der Waals surface area contributed by atoms with E-state index in [4.69, 9.17) is 52.6 Å². The summed E-state index contributed by atoms with van der Waals surface area (Å²) in [5.74, 6) is -2.43. The molecule has 0 N–H and O–H groups in total. The lowest BCUT2D eigenvalue weighted by molar-refractivity contribution is -0.138. The molecular weight excluding hydrogens is 1080 g/mol. The van der Waals surface area contributed by atoms with E-state index in [1.165, 1.54) is 42.5 Å². The zero-order chi connectivity index (χ0) is 59.5. The van der Waals surface area contributed by atoms with Crippen molar-refractivity contribution in [1.29, 1.82) is 5.26 Å². The van der Waals surface area contributed by atoms with Crippen LogP contribution >= 0.6 is 0 Å². The lowest BCUT2D eigenvalue weighted by Crippen LogP contribution is -2.15. The second-order valence-electron chi connectivity index (χ2n) is 18.8. The van der Waals surface area contributed by atoms with Gasteiger partial charge in [0, 0.05) is 12.2 Å². The molecule has 0 radical (unpaired) electrons. The van der Waals surface area contributed by atoms with Gasteiger partial charge in [-0.1, -0.05) is 87.4 Å². The van der Waals surface area contributed by atoms with E-state index < -0.39 is 42.2 Å². The van der Waals surface area contributed by atoms with Crippen molar-refractivity contribution in [3.05, 3.63) is 187 Å². The van der Waals surface area contributed by atoms with Gasteiger partial charge in [-0.25, -0.2) is 33.6 Å². The molecule has 0 saturated carbocycles. The van der Waals surface area contributed by atoms with Crippen molar-refractivity contribution in [3.8, 4) is 45.9 Å². The average Bonchev–Trinajstić information content (AvgIpc) is 3.49. The molecule has 0 aliphatic heterocycles. The zero-order valence-electron chi connectivity index (χ0n) is 46.0. The second kappa shape index (κ2) is 32.2.